The first-order valence-corrected chi connectivity index (χ1v) is 12.5. The third kappa shape index (κ3) is 5.08. The number of benzene rings is 2. The van der Waals surface area contributed by atoms with Crippen LogP contribution < -0.4 is 15.1 Å². The summed E-state index contributed by atoms with van der Waals surface area (Å²) in [4.78, 5) is 21.6. The van der Waals surface area contributed by atoms with Gasteiger partial charge in [0.15, 0.2) is 0 Å². The van der Waals surface area contributed by atoms with E-state index >= 15 is 0 Å². The number of hydrogen-bond acceptors (Lipinski definition) is 6. The van der Waals surface area contributed by atoms with E-state index in [0.717, 1.165) is 50.5 Å². The van der Waals surface area contributed by atoms with Crippen LogP contribution in [0.25, 0.3) is 11.4 Å². The van der Waals surface area contributed by atoms with E-state index < -0.39 is 0 Å². The molecule has 2 aliphatic heterocycles. The SMILES string of the molecule is CC1CCN(c2ccc(-c3noc(C(=O)NCCCN4CCCc5ccccc54)n3)cc2)CC1. The Hall–Kier alpha value is -3.35. The van der Waals surface area contributed by atoms with Gasteiger partial charge in [0.1, 0.15) is 0 Å². The lowest BCUT2D eigenvalue weighted by atomic mass is 9.98. The lowest BCUT2D eigenvalue weighted by molar-refractivity contribution is 0.0909. The molecule has 1 N–H and O–H groups in total. The number of nitrogens with zero attached hydrogens (tertiary/aromatic N) is 4. The molecule has 7 nitrogen and oxygen atoms in total. The van der Waals surface area contributed by atoms with Crippen molar-refractivity contribution in [3.63, 3.8) is 0 Å². The molecule has 1 aromatic heterocycles. The Balaban J connectivity index is 1.11. The second-order valence-electron chi connectivity index (χ2n) is 9.47. The van der Waals surface area contributed by atoms with Crippen molar-refractivity contribution in [3.05, 3.63) is 60.0 Å². The first kappa shape index (κ1) is 22.4. The molecule has 7 heteroatoms. The highest BCUT2D eigenvalue weighted by molar-refractivity contribution is 5.89. The largest absolute Gasteiger partial charge is 0.372 e. The Morgan fingerprint density at radius 3 is 2.71 bits per heavy atom. The Labute approximate surface area is 201 Å². The molecular formula is C27H33N5O2. The molecule has 3 heterocycles. The number of aromatic nitrogens is 2. The van der Waals surface area contributed by atoms with E-state index in [1.54, 1.807) is 0 Å². The van der Waals surface area contributed by atoms with Gasteiger partial charge in [-0.2, -0.15) is 4.98 Å². The number of anilines is 2. The van der Waals surface area contributed by atoms with Crippen molar-refractivity contribution in [1.29, 1.82) is 0 Å². The highest BCUT2D eigenvalue weighted by atomic mass is 16.5. The lowest BCUT2D eigenvalue weighted by Gasteiger charge is -2.32. The maximum absolute atomic E-state index is 12.5. The van der Waals surface area contributed by atoms with Crippen molar-refractivity contribution >= 4 is 17.3 Å². The zero-order valence-corrected chi connectivity index (χ0v) is 19.9. The van der Waals surface area contributed by atoms with E-state index in [4.69, 9.17) is 4.52 Å². The number of nitrogens with one attached hydrogen (secondary N) is 1. The first-order chi connectivity index (χ1) is 16.7. The van der Waals surface area contributed by atoms with Gasteiger partial charge >= 0.3 is 11.8 Å². The predicted molar refractivity (Wildman–Crippen MR) is 134 cm³/mol. The van der Waals surface area contributed by atoms with Crippen LogP contribution >= 0.6 is 0 Å². The molecular weight excluding hydrogens is 426 g/mol. The van der Waals surface area contributed by atoms with Gasteiger partial charge in [-0.3, -0.25) is 4.79 Å². The molecule has 2 aliphatic rings. The Morgan fingerprint density at radius 2 is 1.88 bits per heavy atom. The van der Waals surface area contributed by atoms with Crippen LogP contribution in [0.2, 0.25) is 0 Å². The zero-order valence-electron chi connectivity index (χ0n) is 19.9. The van der Waals surface area contributed by atoms with Crippen molar-refractivity contribution in [2.45, 2.75) is 39.0 Å². The number of para-hydroxylation sites is 1. The third-order valence-electron chi connectivity index (χ3n) is 6.99. The molecule has 178 valence electrons. The highest BCUT2D eigenvalue weighted by Crippen LogP contribution is 2.27. The summed E-state index contributed by atoms with van der Waals surface area (Å²) in [6.45, 7) is 7.05. The van der Waals surface area contributed by atoms with Crippen LogP contribution in [0.3, 0.4) is 0 Å². The highest BCUT2D eigenvalue weighted by Gasteiger charge is 2.19. The van der Waals surface area contributed by atoms with E-state index in [2.05, 4.69) is 68.6 Å². The number of amides is 1. The molecule has 2 aromatic carbocycles. The fourth-order valence-electron chi connectivity index (χ4n) is 4.91. The molecule has 0 spiro atoms. The minimum absolute atomic E-state index is 0.00686. The molecule has 0 radical (unpaired) electrons. The topological polar surface area (TPSA) is 74.5 Å². The molecule has 0 atom stereocenters. The van der Waals surface area contributed by atoms with E-state index in [0.29, 0.717) is 12.4 Å². The van der Waals surface area contributed by atoms with Gasteiger partial charge in [-0.25, -0.2) is 0 Å². The third-order valence-corrected chi connectivity index (χ3v) is 6.99. The number of piperidine rings is 1. The summed E-state index contributed by atoms with van der Waals surface area (Å²) in [7, 11) is 0. The minimum Gasteiger partial charge on any atom is -0.372 e. The van der Waals surface area contributed by atoms with Gasteiger partial charge in [0.05, 0.1) is 0 Å². The Morgan fingerprint density at radius 1 is 1.09 bits per heavy atom. The van der Waals surface area contributed by atoms with E-state index in [1.807, 2.05) is 12.1 Å². The van der Waals surface area contributed by atoms with Gasteiger partial charge < -0.3 is 19.6 Å². The van der Waals surface area contributed by atoms with Gasteiger partial charge in [-0.15, -0.1) is 0 Å². The predicted octanol–water partition coefficient (Wildman–Crippen LogP) is 4.55. The number of carbonyl (C=O) groups is 1. The monoisotopic (exact) mass is 459 g/mol. The van der Waals surface area contributed by atoms with E-state index in [9.17, 15) is 4.79 Å². The van der Waals surface area contributed by atoms with Crippen molar-refractivity contribution in [1.82, 2.24) is 15.5 Å². The number of carbonyl (C=O) groups excluding carboxylic acids is 1. The summed E-state index contributed by atoms with van der Waals surface area (Å²) < 4.78 is 5.24. The summed E-state index contributed by atoms with van der Waals surface area (Å²) in [5, 5.41) is 6.93. The molecule has 0 bridgehead atoms. The van der Waals surface area contributed by atoms with Crippen LogP contribution in [0.5, 0.6) is 0 Å². The van der Waals surface area contributed by atoms with Crippen molar-refractivity contribution < 1.29 is 9.32 Å². The Bertz CT molecular complexity index is 1100. The van der Waals surface area contributed by atoms with Crippen LogP contribution in [0, 0.1) is 5.92 Å². The van der Waals surface area contributed by atoms with Gasteiger partial charge in [0.25, 0.3) is 0 Å². The molecule has 0 saturated carbocycles. The van der Waals surface area contributed by atoms with Crippen LogP contribution in [-0.4, -0.2) is 48.8 Å². The summed E-state index contributed by atoms with van der Waals surface area (Å²) in [5.41, 5.74) is 4.80. The van der Waals surface area contributed by atoms with E-state index in [1.165, 1.54) is 36.2 Å². The van der Waals surface area contributed by atoms with Gasteiger partial charge in [-0.1, -0.05) is 30.3 Å². The summed E-state index contributed by atoms with van der Waals surface area (Å²) >= 11 is 0. The van der Waals surface area contributed by atoms with E-state index in [-0.39, 0.29) is 11.8 Å². The number of hydrogen-bond donors (Lipinski definition) is 1. The molecule has 34 heavy (non-hydrogen) atoms. The van der Waals surface area contributed by atoms with Crippen LogP contribution in [0.1, 0.15) is 48.9 Å². The second kappa shape index (κ2) is 10.3. The number of fused-ring (bicyclic) bond motifs is 1. The molecule has 1 amide bonds. The molecule has 1 fully saturated rings. The standard InChI is InChI=1S/C27H33N5O2/c1-20-13-18-31(19-14-20)23-11-9-22(10-12-23)25-29-27(34-30-25)26(33)28-15-5-17-32-16-4-7-21-6-2-3-8-24(21)32/h2-3,6,8-12,20H,4-5,7,13-19H2,1H3,(H,28,33). The Kier molecular flexibility index (Phi) is 6.79. The summed E-state index contributed by atoms with van der Waals surface area (Å²) in [6, 6.07) is 16.8. The molecule has 3 aromatic rings. The number of rotatable bonds is 7. The van der Waals surface area contributed by atoms with Gasteiger partial charge in [0, 0.05) is 49.7 Å². The van der Waals surface area contributed by atoms with Crippen molar-refractivity contribution in [2.24, 2.45) is 5.92 Å². The average molecular weight is 460 g/mol. The molecule has 1 saturated heterocycles. The lowest BCUT2D eigenvalue weighted by Crippen LogP contribution is -2.33. The van der Waals surface area contributed by atoms with Crippen LogP contribution in [-0.2, 0) is 6.42 Å². The fraction of sp³-hybridized carbons (Fsp3) is 0.444. The van der Waals surface area contributed by atoms with Gasteiger partial charge in [-0.05, 0) is 73.9 Å². The second-order valence-corrected chi connectivity index (χ2v) is 9.47. The maximum atomic E-state index is 12.5. The summed E-state index contributed by atoms with van der Waals surface area (Å²) in [5.74, 6) is 0.930. The van der Waals surface area contributed by atoms with Crippen molar-refractivity contribution in [3.8, 4) is 11.4 Å². The smallest absolute Gasteiger partial charge is 0.316 e. The molecule has 5 rings (SSSR count). The van der Waals surface area contributed by atoms with Crippen LogP contribution in [0.4, 0.5) is 11.4 Å². The molecule has 0 aliphatic carbocycles. The minimum atomic E-state index is -0.322. The van der Waals surface area contributed by atoms with Gasteiger partial charge in [0.2, 0.25) is 5.82 Å². The normalized spacial score (nSPS) is 16.4. The number of aryl methyl sites for hydroxylation is 1. The molecule has 0 unspecified atom stereocenters. The maximum Gasteiger partial charge on any atom is 0.316 e. The quantitative estimate of drug-likeness (QED) is 0.523. The summed E-state index contributed by atoms with van der Waals surface area (Å²) in [6.07, 6.45) is 5.64. The van der Waals surface area contributed by atoms with Crippen molar-refractivity contribution in [2.75, 3.05) is 42.5 Å². The first-order valence-electron chi connectivity index (χ1n) is 12.5. The zero-order chi connectivity index (χ0) is 23.3. The van der Waals surface area contributed by atoms with Crippen LogP contribution in [0.15, 0.2) is 53.1 Å². The fourth-order valence-corrected chi connectivity index (χ4v) is 4.91. The average Bonchev–Trinajstić information content (AvgIpc) is 3.38.